The Morgan fingerprint density at radius 2 is 2.05 bits per heavy atom. The predicted molar refractivity (Wildman–Crippen MR) is 82.8 cm³/mol. The number of amides is 2. The van der Waals surface area contributed by atoms with E-state index in [0.29, 0.717) is 34.5 Å². The van der Waals surface area contributed by atoms with Gasteiger partial charge in [-0.1, -0.05) is 12.2 Å². The highest BCUT2D eigenvalue weighted by atomic mass is 16.4. The smallest absolute Gasteiger partial charge is 0.404 e. The zero-order chi connectivity index (χ0) is 16.1. The molecule has 2 rings (SSSR count). The van der Waals surface area contributed by atoms with E-state index in [4.69, 9.17) is 21.0 Å². The van der Waals surface area contributed by atoms with Gasteiger partial charge in [0.05, 0.1) is 17.5 Å². The number of rotatable bonds is 6. The standard InChI is InChI=1S/C14H16N4O4/c15-10-7-9(13(16)19)8-3-6-22-12(8)11(10)17-4-1-2-5-18-14(20)21/h1-3,6-7,17-18H,4-5,15H2,(H2,16,19)(H,20,21). The maximum Gasteiger partial charge on any atom is 0.404 e. The number of anilines is 2. The van der Waals surface area contributed by atoms with E-state index in [0.717, 1.165) is 0 Å². The lowest BCUT2D eigenvalue weighted by Gasteiger charge is -2.10. The van der Waals surface area contributed by atoms with Crippen molar-refractivity contribution in [1.29, 1.82) is 0 Å². The van der Waals surface area contributed by atoms with E-state index in [2.05, 4.69) is 10.6 Å². The maximum absolute atomic E-state index is 11.4. The lowest BCUT2D eigenvalue weighted by molar-refractivity contribution is 0.100. The molecule has 0 spiro atoms. The Labute approximate surface area is 125 Å². The van der Waals surface area contributed by atoms with Crippen LogP contribution in [0.2, 0.25) is 0 Å². The number of hydrogen-bond acceptors (Lipinski definition) is 5. The summed E-state index contributed by atoms with van der Waals surface area (Å²) in [5, 5.41) is 14.3. The van der Waals surface area contributed by atoms with Gasteiger partial charge < -0.3 is 31.6 Å². The normalized spacial score (nSPS) is 10.9. The first kappa shape index (κ1) is 15.2. The minimum atomic E-state index is -1.08. The summed E-state index contributed by atoms with van der Waals surface area (Å²) < 4.78 is 5.37. The first-order chi connectivity index (χ1) is 10.5. The Morgan fingerprint density at radius 3 is 2.73 bits per heavy atom. The van der Waals surface area contributed by atoms with Crippen LogP contribution in [0, 0.1) is 0 Å². The first-order valence-electron chi connectivity index (χ1n) is 6.46. The number of primary amides is 1. The van der Waals surface area contributed by atoms with Gasteiger partial charge >= 0.3 is 6.09 Å². The first-order valence-corrected chi connectivity index (χ1v) is 6.46. The lowest BCUT2D eigenvalue weighted by Crippen LogP contribution is -2.20. The van der Waals surface area contributed by atoms with Gasteiger partial charge in [-0.05, 0) is 12.1 Å². The summed E-state index contributed by atoms with van der Waals surface area (Å²) in [7, 11) is 0. The van der Waals surface area contributed by atoms with E-state index >= 15 is 0 Å². The predicted octanol–water partition coefficient (Wildman–Crippen LogP) is 1.35. The quantitative estimate of drug-likeness (QED) is 0.402. The summed E-state index contributed by atoms with van der Waals surface area (Å²) in [6.07, 6.45) is 3.77. The van der Waals surface area contributed by atoms with Gasteiger partial charge in [0.15, 0.2) is 5.58 Å². The SMILES string of the molecule is NC(=O)c1cc(N)c(NCC=CCNC(=O)O)c2occc12. The molecule has 0 bridgehead atoms. The topological polar surface area (TPSA) is 144 Å². The van der Waals surface area contributed by atoms with Crippen molar-refractivity contribution in [2.75, 3.05) is 24.1 Å². The van der Waals surface area contributed by atoms with Gasteiger partial charge in [-0.25, -0.2) is 4.79 Å². The van der Waals surface area contributed by atoms with Crippen molar-refractivity contribution in [3.8, 4) is 0 Å². The Morgan fingerprint density at radius 1 is 1.32 bits per heavy atom. The Kier molecular flexibility index (Phi) is 4.52. The van der Waals surface area contributed by atoms with Gasteiger partial charge in [0, 0.05) is 18.5 Å². The van der Waals surface area contributed by atoms with E-state index in [9.17, 15) is 9.59 Å². The summed E-state index contributed by atoms with van der Waals surface area (Å²) in [6, 6.07) is 3.14. The number of furan rings is 1. The van der Waals surface area contributed by atoms with Gasteiger partial charge in [0.1, 0.15) is 5.69 Å². The van der Waals surface area contributed by atoms with E-state index in [1.165, 1.54) is 12.3 Å². The third-order valence-electron chi connectivity index (χ3n) is 2.97. The van der Waals surface area contributed by atoms with Crippen LogP contribution in [0.3, 0.4) is 0 Å². The molecule has 0 aliphatic rings. The third kappa shape index (κ3) is 3.29. The van der Waals surface area contributed by atoms with Crippen LogP contribution >= 0.6 is 0 Å². The van der Waals surface area contributed by atoms with Gasteiger partial charge in [-0.2, -0.15) is 0 Å². The van der Waals surface area contributed by atoms with E-state index < -0.39 is 12.0 Å². The van der Waals surface area contributed by atoms with Crippen LogP contribution in [0.4, 0.5) is 16.2 Å². The Bertz CT molecular complexity index is 736. The lowest BCUT2D eigenvalue weighted by atomic mass is 10.1. The van der Waals surface area contributed by atoms with Crippen molar-refractivity contribution < 1.29 is 19.1 Å². The zero-order valence-corrected chi connectivity index (χ0v) is 11.6. The molecule has 8 heteroatoms. The van der Waals surface area contributed by atoms with Crippen LogP contribution < -0.4 is 22.1 Å². The molecular weight excluding hydrogens is 288 g/mol. The Balaban J connectivity index is 2.13. The molecule has 2 aromatic rings. The molecular formula is C14H16N4O4. The molecule has 7 N–H and O–H groups in total. The summed E-state index contributed by atoms with van der Waals surface area (Å²) in [5.74, 6) is -0.579. The number of nitrogens with two attached hydrogens (primary N) is 2. The van der Waals surface area contributed by atoms with Crippen LogP contribution in [0.15, 0.2) is 35.0 Å². The minimum Gasteiger partial charge on any atom is -0.465 e. The van der Waals surface area contributed by atoms with Crippen LogP contribution in [0.1, 0.15) is 10.4 Å². The molecule has 0 fully saturated rings. The molecule has 0 unspecified atom stereocenters. The number of fused-ring (bicyclic) bond motifs is 1. The highest BCUT2D eigenvalue weighted by Crippen LogP contribution is 2.33. The number of benzene rings is 1. The van der Waals surface area contributed by atoms with Crippen LogP contribution in [0.5, 0.6) is 0 Å². The number of nitrogens with one attached hydrogen (secondary N) is 2. The average molecular weight is 304 g/mol. The number of hydrogen-bond donors (Lipinski definition) is 5. The molecule has 1 aromatic heterocycles. The molecule has 22 heavy (non-hydrogen) atoms. The molecule has 2 amide bonds. The fraction of sp³-hybridized carbons (Fsp3) is 0.143. The summed E-state index contributed by atoms with van der Waals surface area (Å²) >= 11 is 0. The minimum absolute atomic E-state index is 0.212. The third-order valence-corrected chi connectivity index (χ3v) is 2.97. The van der Waals surface area contributed by atoms with E-state index in [-0.39, 0.29) is 6.54 Å². The number of carbonyl (C=O) groups is 2. The fourth-order valence-corrected chi connectivity index (χ4v) is 2.01. The monoisotopic (exact) mass is 304 g/mol. The molecule has 0 saturated carbocycles. The Hall–Kier alpha value is -3.16. The van der Waals surface area contributed by atoms with Crippen molar-refractivity contribution in [3.63, 3.8) is 0 Å². The van der Waals surface area contributed by atoms with Gasteiger partial charge in [-0.15, -0.1) is 0 Å². The number of carbonyl (C=O) groups excluding carboxylic acids is 1. The second kappa shape index (κ2) is 6.53. The highest BCUT2D eigenvalue weighted by Gasteiger charge is 2.15. The molecule has 8 nitrogen and oxygen atoms in total. The highest BCUT2D eigenvalue weighted by molar-refractivity contribution is 6.10. The number of carboxylic acid groups (broad SMARTS) is 1. The summed E-state index contributed by atoms with van der Waals surface area (Å²) in [4.78, 5) is 21.7. The van der Waals surface area contributed by atoms with Gasteiger partial charge in [-0.3, -0.25) is 4.79 Å². The molecule has 0 radical (unpaired) electrons. The van der Waals surface area contributed by atoms with Crippen molar-refractivity contribution in [2.45, 2.75) is 0 Å². The van der Waals surface area contributed by atoms with Crippen LogP contribution in [0.25, 0.3) is 11.0 Å². The summed E-state index contributed by atoms with van der Waals surface area (Å²) in [5.41, 5.74) is 12.9. The largest absolute Gasteiger partial charge is 0.465 e. The van der Waals surface area contributed by atoms with Crippen molar-refractivity contribution in [1.82, 2.24) is 5.32 Å². The molecule has 116 valence electrons. The van der Waals surface area contributed by atoms with E-state index in [1.54, 1.807) is 18.2 Å². The fourth-order valence-electron chi connectivity index (χ4n) is 2.01. The summed E-state index contributed by atoms with van der Waals surface area (Å²) in [6.45, 7) is 0.625. The second-order valence-electron chi connectivity index (χ2n) is 4.45. The zero-order valence-electron chi connectivity index (χ0n) is 11.6. The second-order valence-corrected chi connectivity index (χ2v) is 4.45. The molecule has 0 saturated heterocycles. The molecule has 0 aliphatic carbocycles. The van der Waals surface area contributed by atoms with Crippen LogP contribution in [-0.4, -0.2) is 30.2 Å². The molecule has 0 aliphatic heterocycles. The van der Waals surface area contributed by atoms with Crippen molar-refractivity contribution in [3.05, 3.63) is 36.1 Å². The molecule has 1 aromatic carbocycles. The van der Waals surface area contributed by atoms with Gasteiger partial charge in [0.25, 0.3) is 0 Å². The van der Waals surface area contributed by atoms with Gasteiger partial charge in [0.2, 0.25) is 5.91 Å². The molecule has 0 atom stereocenters. The number of nitrogen functional groups attached to an aromatic ring is 1. The average Bonchev–Trinajstić information content (AvgIpc) is 2.92. The van der Waals surface area contributed by atoms with E-state index in [1.807, 2.05) is 0 Å². The van der Waals surface area contributed by atoms with Crippen molar-refractivity contribution >= 4 is 34.3 Å². The van der Waals surface area contributed by atoms with Crippen LogP contribution in [-0.2, 0) is 0 Å². The maximum atomic E-state index is 11.4. The van der Waals surface area contributed by atoms with Crippen molar-refractivity contribution in [2.24, 2.45) is 5.73 Å². The molecule has 1 heterocycles.